The van der Waals surface area contributed by atoms with E-state index in [1.165, 1.54) is 30.3 Å². The van der Waals surface area contributed by atoms with Gasteiger partial charge in [-0.25, -0.2) is 4.39 Å². The third-order valence-corrected chi connectivity index (χ3v) is 3.37. The van der Waals surface area contributed by atoms with Gasteiger partial charge in [-0.2, -0.15) is 10.1 Å². The van der Waals surface area contributed by atoms with Crippen molar-refractivity contribution in [2.24, 2.45) is 7.05 Å². The highest BCUT2D eigenvalue weighted by Crippen LogP contribution is 2.25. The second-order valence-corrected chi connectivity index (χ2v) is 6.09. The minimum Gasteiger partial charge on any atom is -0.475 e. The van der Waals surface area contributed by atoms with Crippen molar-refractivity contribution in [3.8, 4) is 17.5 Å². The monoisotopic (exact) mass is 370 g/mol. The largest absolute Gasteiger partial charge is 0.475 e. The van der Waals surface area contributed by atoms with E-state index in [9.17, 15) is 9.18 Å². The lowest BCUT2D eigenvalue weighted by Gasteiger charge is -2.12. The molecule has 2 aromatic heterocycles. The van der Waals surface area contributed by atoms with Crippen molar-refractivity contribution in [2.45, 2.75) is 20.0 Å². The van der Waals surface area contributed by atoms with Crippen LogP contribution in [0.4, 0.5) is 10.2 Å². The van der Waals surface area contributed by atoms with Crippen molar-refractivity contribution >= 4 is 11.7 Å². The fourth-order valence-electron chi connectivity index (χ4n) is 2.29. The smallest absolute Gasteiger partial charge is 0.257 e. The predicted molar refractivity (Wildman–Crippen MR) is 97.6 cm³/mol. The molecule has 0 saturated heterocycles. The first-order valence-corrected chi connectivity index (χ1v) is 8.32. The molecular formula is C19H19FN4O3. The molecule has 0 aliphatic rings. The van der Waals surface area contributed by atoms with Gasteiger partial charge in [-0.1, -0.05) is 6.07 Å². The summed E-state index contributed by atoms with van der Waals surface area (Å²) < 4.78 is 26.1. The zero-order chi connectivity index (χ0) is 19.4. The van der Waals surface area contributed by atoms with Crippen molar-refractivity contribution in [2.75, 3.05) is 5.32 Å². The number of ether oxygens (including phenoxy) is 2. The molecule has 1 aromatic carbocycles. The number of pyridine rings is 1. The quantitative estimate of drug-likeness (QED) is 0.714. The highest BCUT2D eigenvalue weighted by atomic mass is 19.1. The molecule has 0 atom stereocenters. The Hall–Kier alpha value is -3.42. The van der Waals surface area contributed by atoms with E-state index in [1.807, 2.05) is 13.8 Å². The van der Waals surface area contributed by atoms with Gasteiger partial charge in [-0.3, -0.25) is 9.48 Å². The first-order valence-electron chi connectivity index (χ1n) is 8.32. The number of rotatable bonds is 6. The molecule has 1 N–H and O–H groups in total. The molecule has 3 rings (SSSR count). The number of benzene rings is 1. The Bertz CT molecular complexity index is 956. The Balaban J connectivity index is 1.88. The highest BCUT2D eigenvalue weighted by Gasteiger charge is 2.14. The molecule has 2 heterocycles. The van der Waals surface area contributed by atoms with Crippen LogP contribution in [-0.4, -0.2) is 26.8 Å². The minimum absolute atomic E-state index is 0.116. The molecular weight excluding hydrogens is 351 g/mol. The number of carbonyl (C=O) groups excluding carboxylic acids is 1. The Morgan fingerprint density at radius 1 is 1.19 bits per heavy atom. The lowest BCUT2D eigenvalue weighted by atomic mass is 10.2. The van der Waals surface area contributed by atoms with Gasteiger partial charge in [0.05, 0.1) is 11.7 Å². The number of nitrogens with zero attached hydrogens (tertiary/aromatic N) is 3. The van der Waals surface area contributed by atoms with E-state index in [0.29, 0.717) is 5.82 Å². The van der Waals surface area contributed by atoms with Crippen LogP contribution in [0.1, 0.15) is 24.2 Å². The van der Waals surface area contributed by atoms with Crippen LogP contribution in [0.2, 0.25) is 0 Å². The molecule has 0 fully saturated rings. The van der Waals surface area contributed by atoms with Crippen molar-refractivity contribution in [1.29, 1.82) is 0 Å². The molecule has 140 valence electrons. The third kappa shape index (κ3) is 5.04. The van der Waals surface area contributed by atoms with Gasteiger partial charge in [0, 0.05) is 37.5 Å². The second kappa shape index (κ2) is 7.86. The summed E-state index contributed by atoms with van der Waals surface area (Å²) in [5, 5.41) is 6.80. The summed E-state index contributed by atoms with van der Waals surface area (Å²) in [6.07, 6.45) is 1.57. The number of aromatic nitrogens is 3. The van der Waals surface area contributed by atoms with E-state index in [1.54, 1.807) is 30.1 Å². The average Bonchev–Trinajstić information content (AvgIpc) is 2.99. The fourth-order valence-corrected chi connectivity index (χ4v) is 2.29. The van der Waals surface area contributed by atoms with E-state index in [0.717, 1.165) is 0 Å². The maximum atomic E-state index is 13.4. The van der Waals surface area contributed by atoms with Gasteiger partial charge < -0.3 is 14.8 Å². The van der Waals surface area contributed by atoms with E-state index in [4.69, 9.17) is 9.47 Å². The van der Waals surface area contributed by atoms with Crippen LogP contribution in [0.25, 0.3) is 0 Å². The summed E-state index contributed by atoms with van der Waals surface area (Å²) in [5.41, 5.74) is 0.276. The summed E-state index contributed by atoms with van der Waals surface area (Å²) in [6.45, 7) is 3.69. The molecule has 0 saturated carbocycles. The third-order valence-electron chi connectivity index (χ3n) is 3.37. The summed E-state index contributed by atoms with van der Waals surface area (Å²) in [6, 6.07) is 10.3. The standard InChI is InChI=1S/C19H19FN4O3/c1-12(2)26-17-9-13(19(25)21-16-7-8-24(3)23-16)10-18(22-17)27-15-6-4-5-14(20)11-15/h4-12H,1-3H3,(H,21,23,25). The summed E-state index contributed by atoms with van der Waals surface area (Å²) in [4.78, 5) is 16.8. The normalized spacial score (nSPS) is 10.7. The predicted octanol–water partition coefficient (Wildman–Crippen LogP) is 3.79. The van der Waals surface area contributed by atoms with Gasteiger partial charge in [0.2, 0.25) is 11.8 Å². The molecule has 7 nitrogen and oxygen atoms in total. The van der Waals surface area contributed by atoms with Crippen LogP contribution in [-0.2, 0) is 7.05 Å². The number of halogens is 1. The Labute approximate surface area is 155 Å². The van der Waals surface area contributed by atoms with Gasteiger partial charge in [0.1, 0.15) is 11.6 Å². The number of amides is 1. The molecule has 27 heavy (non-hydrogen) atoms. The van der Waals surface area contributed by atoms with Gasteiger partial charge in [0.25, 0.3) is 5.91 Å². The van der Waals surface area contributed by atoms with Gasteiger partial charge in [0.15, 0.2) is 5.82 Å². The van der Waals surface area contributed by atoms with Gasteiger partial charge in [-0.05, 0) is 26.0 Å². The lowest BCUT2D eigenvalue weighted by Crippen LogP contribution is -2.14. The first kappa shape index (κ1) is 18.4. The van der Waals surface area contributed by atoms with Crippen molar-refractivity contribution < 1.29 is 18.7 Å². The van der Waals surface area contributed by atoms with E-state index in [2.05, 4.69) is 15.4 Å². The first-order chi connectivity index (χ1) is 12.9. The minimum atomic E-state index is -0.435. The summed E-state index contributed by atoms with van der Waals surface area (Å²) >= 11 is 0. The number of aryl methyl sites for hydroxylation is 1. The molecule has 1 amide bonds. The lowest BCUT2D eigenvalue weighted by molar-refractivity contribution is 0.102. The Morgan fingerprint density at radius 3 is 2.63 bits per heavy atom. The van der Waals surface area contributed by atoms with Crippen LogP contribution < -0.4 is 14.8 Å². The second-order valence-electron chi connectivity index (χ2n) is 6.09. The zero-order valence-electron chi connectivity index (χ0n) is 15.1. The molecule has 0 aliphatic heterocycles. The highest BCUT2D eigenvalue weighted by molar-refractivity contribution is 6.04. The number of anilines is 1. The van der Waals surface area contributed by atoms with Crippen molar-refractivity contribution in [3.63, 3.8) is 0 Å². The van der Waals surface area contributed by atoms with E-state index < -0.39 is 11.7 Å². The number of nitrogens with one attached hydrogen (secondary N) is 1. The molecule has 0 aliphatic carbocycles. The van der Waals surface area contributed by atoms with Crippen LogP contribution >= 0.6 is 0 Å². The maximum Gasteiger partial charge on any atom is 0.257 e. The Kier molecular flexibility index (Phi) is 5.35. The fraction of sp³-hybridized carbons (Fsp3) is 0.211. The average molecular weight is 370 g/mol. The van der Waals surface area contributed by atoms with E-state index in [-0.39, 0.29) is 29.2 Å². The molecule has 8 heteroatoms. The number of carbonyl (C=O) groups is 1. The summed E-state index contributed by atoms with van der Waals surface area (Å²) in [5.74, 6) is 0.192. The number of hydrogen-bond donors (Lipinski definition) is 1. The zero-order valence-corrected chi connectivity index (χ0v) is 15.1. The van der Waals surface area contributed by atoms with Crippen LogP contribution in [0.15, 0.2) is 48.7 Å². The van der Waals surface area contributed by atoms with Crippen molar-refractivity contribution in [3.05, 3.63) is 60.0 Å². The molecule has 0 bridgehead atoms. The van der Waals surface area contributed by atoms with Crippen LogP contribution in [0.5, 0.6) is 17.5 Å². The van der Waals surface area contributed by atoms with Crippen LogP contribution in [0, 0.1) is 5.82 Å². The molecule has 0 spiro atoms. The van der Waals surface area contributed by atoms with Crippen LogP contribution in [0.3, 0.4) is 0 Å². The molecule has 0 unspecified atom stereocenters. The van der Waals surface area contributed by atoms with Crippen molar-refractivity contribution in [1.82, 2.24) is 14.8 Å². The van der Waals surface area contributed by atoms with Gasteiger partial charge >= 0.3 is 0 Å². The SMILES string of the molecule is CC(C)Oc1cc(C(=O)Nc2ccn(C)n2)cc(Oc2cccc(F)c2)n1. The van der Waals surface area contributed by atoms with E-state index >= 15 is 0 Å². The Morgan fingerprint density at radius 2 is 1.96 bits per heavy atom. The maximum absolute atomic E-state index is 13.4. The van der Waals surface area contributed by atoms with Gasteiger partial charge in [-0.15, -0.1) is 0 Å². The topological polar surface area (TPSA) is 78.3 Å². The summed E-state index contributed by atoms with van der Waals surface area (Å²) in [7, 11) is 1.75. The molecule has 3 aromatic rings. The molecule has 0 radical (unpaired) electrons. The number of hydrogen-bond acceptors (Lipinski definition) is 5.